The summed E-state index contributed by atoms with van der Waals surface area (Å²) in [6.45, 7) is 6.39. The van der Waals surface area contributed by atoms with Crippen molar-refractivity contribution in [2.24, 2.45) is 0 Å². The molecule has 3 aromatic heterocycles. The molecule has 9 heteroatoms. The third kappa shape index (κ3) is 3.78. The molecule has 1 aliphatic heterocycles. The van der Waals surface area contributed by atoms with Crippen LogP contribution in [0.1, 0.15) is 46.1 Å². The predicted molar refractivity (Wildman–Crippen MR) is 134 cm³/mol. The van der Waals surface area contributed by atoms with Gasteiger partial charge in [0.2, 0.25) is 5.91 Å². The quantitative estimate of drug-likeness (QED) is 0.404. The highest BCUT2D eigenvalue weighted by atomic mass is 16.5. The van der Waals surface area contributed by atoms with Gasteiger partial charge in [0.1, 0.15) is 18.2 Å². The molecule has 5 aromatic rings. The van der Waals surface area contributed by atoms with Crippen molar-refractivity contribution in [1.82, 2.24) is 29.6 Å². The van der Waals surface area contributed by atoms with Gasteiger partial charge in [0.05, 0.1) is 5.69 Å². The average molecular weight is 480 g/mol. The van der Waals surface area contributed by atoms with E-state index in [1.54, 1.807) is 9.20 Å². The lowest BCUT2D eigenvalue weighted by atomic mass is 9.86. The first kappa shape index (κ1) is 22.0. The number of aromatic nitrogens is 6. The van der Waals surface area contributed by atoms with E-state index < -0.39 is 0 Å². The molecule has 2 aromatic carbocycles. The van der Waals surface area contributed by atoms with Crippen molar-refractivity contribution in [3.05, 3.63) is 94.4 Å². The number of nitrogens with one attached hydrogen (secondary N) is 1. The van der Waals surface area contributed by atoms with Gasteiger partial charge in [-0.05, 0) is 61.7 Å². The third-order valence-corrected chi connectivity index (χ3v) is 6.66. The zero-order valence-electron chi connectivity index (χ0n) is 20.3. The summed E-state index contributed by atoms with van der Waals surface area (Å²) in [5.74, 6) is 2.51. The smallest absolute Gasteiger partial charge is 0.226 e. The Morgan fingerprint density at radius 2 is 1.78 bits per heavy atom. The Morgan fingerprint density at radius 3 is 2.58 bits per heavy atom. The summed E-state index contributed by atoms with van der Waals surface area (Å²) in [6, 6.07) is 19.8. The SMILES string of the molecule is Cc1ccccc1COc1ccc([C@H]2CC(=O)Nc3c2c(C)nn3-c2ccc3nnc(C)n3n2)cc1. The van der Waals surface area contributed by atoms with E-state index in [0.29, 0.717) is 36.1 Å². The fourth-order valence-electron chi connectivity index (χ4n) is 4.73. The van der Waals surface area contributed by atoms with Crippen molar-refractivity contribution < 1.29 is 9.53 Å². The van der Waals surface area contributed by atoms with Crippen LogP contribution in [0.5, 0.6) is 5.75 Å². The molecule has 0 bridgehead atoms. The normalized spacial score (nSPS) is 15.1. The van der Waals surface area contributed by atoms with Crippen LogP contribution in [0.15, 0.2) is 60.7 Å². The van der Waals surface area contributed by atoms with Crippen LogP contribution in [0.4, 0.5) is 5.82 Å². The van der Waals surface area contributed by atoms with Crippen LogP contribution in [0, 0.1) is 20.8 Å². The van der Waals surface area contributed by atoms with Crippen LogP contribution in [0.2, 0.25) is 0 Å². The largest absolute Gasteiger partial charge is 0.489 e. The monoisotopic (exact) mass is 479 g/mol. The summed E-state index contributed by atoms with van der Waals surface area (Å²) in [5.41, 5.74) is 5.89. The lowest BCUT2D eigenvalue weighted by Crippen LogP contribution is -2.25. The zero-order valence-corrected chi connectivity index (χ0v) is 20.3. The maximum absolute atomic E-state index is 12.8. The molecule has 0 fully saturated rings. The molecule has 6 rings (SSSR count). The van der Waals surface area contributed by atoms with Crippen molar-refractivity contribution in [3.63, 3.8) is 0 Å². The molecule has 1 atom stereocenters. The minimum atomic E-state index is -0.117. The number of hydrogen-bond acceptors (Lipinski definition) is 6. The molecule has 0 radical (unpaired) electrons. The number of carbonyl (C=O) groups is 1. The standard InChI is InChI=1S/C27H25N7O2/c1-16-6-4-5-7-20(16)15-36-21-10-8-19(9-11-21)22-14-25(35)28-27-26(22)17(2)31-34(27)24-13-12-23-30-29-18(3)33(23)32-24/h4-13,22H,14-15H2,1-3H3,(H,28,35)/t22-/m1/s1. The Labute approximate surface area is 207 Å². The number of hydrogen-bond donors (Lipinski definition) is 1. The van der Waals surface area contributed by atoms with Crippen molar-refractivity contribution in [2.45, 2.75) is 39.7 Å². The van der Waals surface area contributed by atoms with E-state index in [4.69, 9.17) is 9.84 Å². The molecule has 0 spiro atoms. The van der Waals surface area contributed by atoms with E-state index >= 15 is 0 Å². The Kier molecular flexibility index (Phi) is 5.25. The van der Waals surface area contributed by atoms with Gasteiger partial charge in [-0.25, -0.2) is 0 Å². The number of fused-ring (bicyclic) bond motifs is 2. The van der Waals surface area contributed by atoms with Crippen LogP contribution >= 0.6 is 0 Å². The fourth-order valence-corrected chi connectivity index (χ4v) is 4.73. The van der Waals surface area contributed by atoms with Gasteiger partial charge in [0.15, 0.2) is 17.3 Å². The van der Waals surface area contributed by atoms with Gasteiger partial charge in [-0.3, -0.25) is 4.79 Å². The first-order valence-corrected chi connectivity index (χ1v) is 11.8. The molecule has 180 valence electrons. The molecule has 0 aliphatic carbocycles. The molecule has 0 saturated carbocycles. The van der Waals surface area contributed by atoms with Crippen molar-refractivity contribution in [2.75, 3.05) is 5.32 Å². The van der Waals surface area contributed by atoms with E-state index in [1.807, 2.05) is 62.4 Å². The third-order valence-electron chi connectivity index (χ3n) is 6.66. The van der Waals surface area contributed by atoms with Crippen molar-refractivity contribution in [3.8, 4) is 11.6 Å². The number of rotatable bonds is 5. The molecule has 1 N–H and O–H groups in total. The number of nitrogens with zero attached hydrogens (tertiary/aromatic N) is 6. The Balaban J connectivity index is 1.31. The topological polar surface area (TPSA) is 99.2 Å². The lowest BCUT2D eigenvalue weighted by Gasteiger charge is -2.24. The summed E-state index contributed by atoms with van der Waals surface area (Å²) < 4.78 is 9.36. The highest BCUT2D eigenvalue weighted by Gasteiger charge is 2.33. The van der Waals surface area contributed by atoms with Crippen molar-refractivity contribution >= 4 is 17.4 Å². The number of carbonyl (C=O) groups excluding carboxylic acids is 1. The molecule has 9 nitrogen and oxygen atoms in total. The van der Waals surface area contributed by atoms with E-state index in [0.717, 1.165) is 28.1 Å². The van der Waals surface area contributed by atoms with E-state index in [1.165, 1.54) is 5.56 Å². The lowest BCUT2D eigenvalue weighted by molar-refractivity contribution is -0.116. The first-order valence-electron chi connectivity index (χ1n) is 11.8. The second-order valence-corrected chi connectivity index (χ2v) is 9.06. The number of aryl methyl sites for hydroxylation is 3. The summed E-state index contributed by atoms with van der Waals surface area (Å²) in [4.78, 5) is 12.8. The fraction of sp³-hybridized carbons (Fsp3) is 0.222. The number of anilines is 1. The van der Waals surface area contributed by atoms with Crippen molar-refractivity contribution in [1.29, 1.82) is 0 Å². The van der Waals surface area contributed by atoms with Crippen LogP contribution in [-0.4, -0.2) is 35.5 Å². The molecule has 1 aliphatic rings. The number of amides is 1. The Morgan fingerprint density at radius 1 is 0.972 bits per heavy atom. The number of ether oxygens (including phenoxy) is 1. The number of benzene rings is 2. The summed E-state index contributed by atoms with van der Waals surface area (Å²) in [6.07, 6.45) is 0.347. The van der Waals surface area contributed by atoms with Gasteiger partial charge in [-0.1, -0.05) is 36.4 Å². The van der Waals surface area contributed by atoms with Crippen LogP contribution in [0.3, 0.4) is 0 Å². The summed E-state index contributed by atoms with van der Waals surface area (Å²) in [7, 11) is 0. The molecular weight excluding hydrogens is 454 g/mol. The Hall–Kier alpha value is -4.53. The Bertz CT molecular complexity index is 1600. The van der Waals surface area contributed by atoms with Gasteiger partial charge in [-0.2, -0.15) is 14.3 Å². The summed E-state index contributed by atoms with van der Waals surface area (Å²) in [5, 5.41) is 20.6. The first-order chi connectivity index (χ1) is 17.5. The van der Waals surface area contributed by atoms with Crippen LogP contribution < -0.4 is 10.1 Å². The molecule has 0 unspecified atom stereocenters. The molecular formula is C27H25N7O2. The molecule has 36 heavy (non-hydrogen) atoms. The van der Waals surface area contributed by atoms with Gasteiger partial charge in [0, 0.05) is 17.9 Å². The minimum Gasteiger partial charge on any atom is -0.489 e. The maximum atomic E-state index is 12.8. The van der Waals surface area contributed by atoms with Crippen LogP contribution in [-0.2, 0) is 11.4 Å². The minimum absolute atomic E-state index is 0.0601. The molecule has 4 heterocycles. The molecule has 0 saturated heterocycles. The maximum Gasteiger partial charge on any atom is 0.226 e. The van der Waals surface area contributed by atoms with E-state index in [2.05, 4.69) is 39.7 Å². The highest BCUT2D eigenvalue weighted by Crippen LogP contribution is 2.40. The van der Waals surface area contributed by atoms with Gasteiger partial charge >= 0.3 is 0 Å². The highest BCUT2D eigenvalue weighted by molar-refractivity contribution is 5.95. The second kappa shape index (κ2) is 8.60. The van der Waals surface area contributed by atoms with Gasteiger partial charge < -0.3 is 10.1 Å². The zero-order chi connectivity index (χ0) is 24.8. The second-order valence-electron chi connectivity index (χ2n) is 9.06. The summed E-state index contributed by atoms with van der Waals surface area (Å²) >= 11 is 0. The van der Waals surface area contributed by atoms with E-state index in [9.17, 15) is 4.79 Å². The predicted octanol–water partition coefficient (Wildman–Crippen LogP) is 4.29. The van der Waals surface area contributed by atoms with E-state index in [-0.39, 0.29) is 11.8 Å². The van der Waals surface area contributed by atoms with Crippen LogP contribution in [0.25, 0.3) is 11.5 Å². The molecule has 1 amide bonds. The average Bonchev–Trinajstić information content (AvgIpc) is 3.42. The van der Waals surface area contributed by atoms with Gasteiger partial charge in [0.25, 0.3) is 0 Å². The van der Waals surface area contributed by atoms with Gasteiger partial charge in [-0.15, -0.1) is 15.3 Å².